The summed E-state index contributed by atoms with van der Waals surface area (Å²) in [7, 11) is 0. The summed E-state index contributed by atoms with van der Waals surface area (Å²) in [5, 5.41) is 0.422. The molecule has 0 spiro atoms. The van der Waals surface area contributed by atoms with E-state index in [1.807, 2.05) is 0 Å². The summed E-state index contributed by atoms with van der Waals surface area (Å²) in [5.41, 5.74) is -0.348. The first-order valence-electron chi connectivity index (χ1n) is 6.49. The van der Waals surface area contributed by atoms with Crippen LogP contribution in [0, 0.1) is 12.3 Å². The zero-order chi connectivity index (χ0) is 16.0. The smallest absolute Gasteiger partial charge is 0.421 e. The number of rotatable bonds is 3. The van der Waals surface area contributed by atoms with Crippen molar-refractivity contribution in [3.63, 3.8) is 0 Å². The molecule has 5 heteroatoms. The van der Waals surface area contributed by atoms with Gasteiger partial charge in [0.1, 0.15) is 5.60 Å². The second-order valence-electron chi connectivity index (χ2n) is 5.39. The minimum absolute atomic E-state index is 0.0578. The largest absolute Gasteiger partial charge is 0.443 e. The lowest BCUT2D eigenvalue weighted by atomic mass is 10.2. The van der Waals surface area contributed by atoms with Crippen molar-refractivity contribution in [2.24, 2.45) is 0 Å². The molecule has 0 unspecified atom stereocenters. The molecular formula is C16H18ClNO3. The van der Waals surface area contributed by atoms with Gasteiger partial charge in [0.15, 0.2) is 0 Å². The Kier molecular flexibility index (Phi) is 5.80. The van der Waals surface area contributed by atoms with Crippen LogP contribution in [0.15, 0.2) is 24.3 Å². The van der Waals surface area contributed by atoms with E-state index in [2.05, 4.69) is 5.92 Å². The number of imide groups is 1. The number of hydrogen-bond donors (Lipinski definition) is 0. The van der Waals surface area contributed by atoms with Crippen LogP contribution in [0.5, 0.6) is 0 Å². The highest BCUT2D eigenvalue weighted by Crippen LogP contribution is 2.23. The molecule has 0 aliphatic carbocycles. The van der Waals surface area contributed by atoms with Gasteiger partial charge in [-0.15, -0.1) is 12.3 Å². The molecule has 1 aromatic rings. The summed E-state index contributed by atoms with van der Waals surface area (Å²) < 4.78 is 5.27. The molecule has 2 amide bonds. The number of ether oxygens (including phenoxy) is 1. The van der Waals surface area contributed by atoms with Crippen LogP contribution >= 0.6 is 11.6 Å². The highest BCUT2D eigenvalue weighted by atomic mass is 35.5. The molecular weight excluding hydrogens is 290 g/mol. The fourth-order valence-corrected chi connectivity index (χ4v) is 1.75. The molecule has 0 aromatic heterocycles. The van der Waals surface area contributed by atoms with Crippen LogP contribution in [0.2, 0.25) is 5.02 Å². The first-order valence-corrected chi connectivity index (χ1v) is 6.87. The van der Waals surface area contributed by atoms with Gasteiger partial charge in [-0.2, -0.15) is 0 Å². The summed E-state index contributed by atoms with van der Waals surface area (Å²) in [6, 6.07) is 6.45. The van der Waals surface area contributed by atoms with E-state index in [-0.39, 0.29) is 12.8 Å². The van der Waals surface area contributed by atoms with Crippen LogP contribution in [0.25, 0.3) is 0 Å². The number of anilines is 1. The Labute approximate surface area is 130 Å². The average Bonchev–Trinajstić information content (AvgIpc) is 2.34. The number of amides is 2. The van der Waals surface area contributed by atoms with Crippen LogP contribution in [-0.2, 0) is 9.53 Å². The fourth-order valence-electron chi connectivity index (χ4n) is 1.56. The highest BCUT2D eigenvalue weighted by molar-refractivity contribution is 6.31. The molecule has 0 saturated carbocycles. The maximum atomic E-state index is 12.3. The van der Waals surface area contributed by atoms with E-state index in [0.717, 1.165) is 4.90 Å². The van der Waals surface area contributed by atoms with Crippen molar-refractivity contribution < 1.29 is 14.3 Å². The van der Waals surface area contributed by atoms with Gasteiger partial charge in [0.05, 0.1) is 5.69 Å². The number of hydrogen-bond acceptors (Lipinski definition) is 3. The Morgan fingerprint density at radius 1 is 1.38 bits per heavy atom. The van der Waals surface area contributed by atoms with Crippen molar-refractivity contribution in [2.75, 3.05) is 4.90 Å². The van der Waals surface area contributed by atoms with Gasteiger partial charge in [-0.25, -0.2) is 9.69 Å². The Morgan fingerprint density at radius 3 is 2.57 bits per heavy atom. The normalized spacial score (nSPS) is 10.6. The van der Waals surface area contributed by atoms with Crippen LogP contribution in [0.1, 0.15) is 33.6 Å². The Hall–Kier alpha value is -1.99. The fraction of sp³-hybridized carbons (Fsp3) is 0.375. The topological polar surface area (TPSA) is 46.6 Å². The summed E-state index contributed by atoms with van der Waals surface area (Å²) in [6.07, 6.45) is 4.72. The molecule has 0 fully saturated rings. The van der Waals surface area contributed by atoms with E-state index in [9.17, 15) is 9.59 Å². The lowest BCUT2D eigenvalue weighted by molar-refractivity contribution is -0.118. The van der Waals surface area contributed by atoms with Gasteiger partial charge in [-0.1, -0.05) is 17.7 Å². The predicted molar refractivity (Wildman–Crippen MR) is 83.2 cm³/mol. The van der Waals surface area contributed by atoms with E-state index in [4.69, 9.17) is 22.8 Å². The molecule has 1 rings (SSSR count). The van der Waals surface area contributed by atoms with Crippen LogP contribution in [0.4, 0.5) is 10.5 Å². The maximum Gasteiger partial charge on any atom is 0.421 e. The monoisotopic (exact) mass is 307 g/mol. The molecule has 4 nitrogen and oxygen atoms in total. The molecule has 112 valence electrons. The molecule has 0 aliphatic heterocycles. The Bertz CT molecular complexity index is 570. The zero-order valence-corrected chi connectivity index (χ0v) is 13.1. The van der Waals surface area contributed by atoms with Gasteiger partial charge in [0.25, 0.3) is 0 Å². The Morgan fingerprint density at radius 2 is 2.05 bits per heavy atom. The van der Waals surface area contributed by atoms with E-state index in [1.54, 1.807) is 39.0 Å². The maximum absolute atomic E-state index is 12.3. The first kappa shape index (κ1) is 17.1. The minimum atomic E-state index is -0.744. The van der Waals surface area contributed by atoms with E-state index in [1.165, 1.54) is 6.07 Å². The molecule has 21 heavy (non-hydrogen) atoms. The third kappa shape index (κ3) is 5.49. The van der Waals surface area contributed by atoms with Gasteiger partial charge in [0.2, 0.25) is 5.91 Å². The Balaban J connectivity index is 3.08. The van der Waals surface area contributed by atoms with Gasteiger partial charge >= 0.3 is 6.09 Å². The number of carbonyl (C=O) groups excluding carboxylic acids is 2. The van der Waals surface area contributed by atoms with Gasteiger partial charge in [-0.3, -0.25) is 4.79 Å². The van der Waals surface area contributed by atoms with Crippen molar-refractivity contribution in [2.45, 2.75) is 39.2 Å². The molecule has 0 saturated heterocycles. The van der Waals surface area contributed by atoms with Crippen LogP contribution < -0.4 is 4.90 Å². The number of carbonyl (C=O) groups is 2. The standard InChI is InChI=1S/C16H18ClNO3/c1-5-6-10-14(19)18(15(20)21-16(2,3)4)13-9-7-8-12(17)11-13/h1,7-9,11H,6,10H2,2-4H3. The lowest BCUT2D eigenvalue weighted by Gasteiger charge is -2.26. The lowest BCUT2D eigenvalue weighted by Crippen LogP contribution is -2.41. The molecule has 0 aliphatic rings. The molecule has 1 aromatic carbocycles. The van der Waals surface area contributed by atoms with Crippen molar-refractivity contribution in [3.8, 4) is 12.3 Å². The number of terminal acetylenes is 1. The SMILES string of the molecule is C#CCCC(=O)N(C(=O)OC(C)(C)C)c1cccc(Cl)c1. The number of halogens is 1. The molecule has 0 bridgehead atoms. The summed E-state index contributed by atoms with van der Waals surface area (Å²) in [5.74, 6) is 1.95. The minimum Gasteiger partial charge on any atom is -0.443 e. The van der Waals surface area contributed by atoms with Crippen LogP contribution in [0.3, 0.4) is 0 Å². The predicted octanol–water partition coefficient (Wildman–Crippen LogP) is 4.02. The van der Waals surface area contributed by atoms with Gasteiger partial charge in [0, 0.05) is 17.9 Å². The summed E-state index contributed by atoms with van der Waals surface area (Å²) >= 11 is 5.91. The second-order valence-corrected chi connectivity index (χ2v) is 5.83. The van der Waals surface area contributed by atoms with Crippen molar-refractivity contribution >= 4 is 29.3 Å². The summed E-state index contributed by atoms with van der Waals surface area (Å²) in [6.45, 7) is 5.19. The summed E-state index contributed by atoms with van der Waals surface area (Å²) in [4.78, 5) is 25.5. The van der Waals surface area contributed by atoms with Crippen molar-refractivity contribution in [3.05, 3.63) is 29.3 Å². The first-order chi connectivity index (χ1) is 9.74. The quantitative estimate of drug-likeness (QED) is 0.792. The van der Waals surface area contributed by atoms with E-state index < -0.39 is 17.6 Å². The van der Waals surface area contributed by atoms with Gasteiger partial charge in [-0.05, 0) is 39.0 Å². The van der Waals surface area contributed by atoms with E-state index >= 15 is 0 Å². The number of nitrogens with zero attached hydrogens (tertiary/aromatic N) is 1. The number of benzene rings is 1. The molecule has 0 N–H and O–H groups in total. The van der Waals surface area contributed by atoms with Gasteiger partial charge < -0.3 is 4.74 Å². The molecule has 0 heterocycles. The van der Waals surface area contributed by atoms with E-state index in [0.29, 0.717) is 10.7 Å². The molecule has 0 radical (unpaired) electrons. The van der Waals surface area contributed by atoms with Crippen molar-refractivity contribution in [1.29, 1.82) is 0 Å². The third-order valence-corrected chi connectivity index (χ3v) is 2.61. The van der Waals surface area contributed by atoms with Crippen molar-refractivity contribution in [1.82, 2.24) is 0 Å². The van der Waals surface area contributed by atoms with Crippen LogP contribution in [-0.4, -0.2) is 17.6 Å². The third-order valence-electron chi connectivity index (χ3n) is 2.38. The second kappa shape index (κ2) is 7.14. The average molecular weight is 308 g/mol. The highest BCUT2D eigenvalue weighted by Gasteiger charge is 2.28. The zero-order valence-electron chi connectivity index (χ0n) is 12.4. The molecule has 0 atom stereocenters.